The highest BCUT2D eigenvalue weighted by atomic mass is 35.5. The molecule has 2 unspecified atom stereocenters. The lowest BCUT2D eigenvalue weighted by molar-refractivity contribution is -0.121. The van der Waals surface area contributed by atoms with Crippen molar-refractivity contribution in [1.82, 2.24) is 9.97 Å². The van der Waals surface area contributed by atoms with E-state index in [0.717, 1.165) is 22.5 Å². The molecule has 0 fully saturated rings. The Balaban J connectivity index is 0.00000264. The molecule has 0 aliphatic carbocycles. The summed E-state index contributed by atoms with van der Waals surface area (Å²) in [6.07, 6.45) is 3.41. The summed E-state index contributed by atoms with van der Waals surface area (Å²) >= 11 is 0. The van der Waals surface area contributed by atoms with E-state index in [-0.39, 0.29) is 55.5 Å². The Morgan fingerprint density at radius 3 is 1.58 bits per heavy atom. The van der Waals surface area contributed by atoms with E-state index in [1.54, 1.807) is 12.4 Å². The first-order valence-corrected chi connectivity index (χ1v) is 7.35. The monoisotopic (exact) mass is 370 g/mol. The van der Waals surface area contributed by atoms with Crippen LogP contribution in [0.25, 0.3) is 0 Å². The van der Waals surface area contributed by atoms with Gasteiger partial charge in [0.05, 0.1) is 11.8 Å². The highest BCUT2D eigenvalue weighted by Crippen LogP contribution is 2.26. The van der Waals surface area contributed by atoms with Crippen LogP contribution in [0.1, 0.15) is 34.4 Å². The minimum atomic E-state index is -0.372. The van der Waals surface area contributed by atoms with Crippen LogP contribution in [0.4, 0.5) is 0 Å². The van der Waals surface area contributed by atoms with Gasteiger partial charge in [0.15, 0.2) is 0 Å². The fraction of sp³-hybridized carbons (Fsp3) is 0.353. The fourth-order valence-electron chi connectivity index (χ4n) is 2.64. The number of Topliss-reactive ketones (excluding diaryl/α,β-unsaturated/α-hetero) is 1. The Kier molecular flexibility index (Phi) is 9.70. The molecule has 5 nitrogen and oxygen atoms in total. The van der Waals surface area contributed by atoms with Crippen LogP contribution in [0.15, 0.2) is 36.7 Å². The second-order valence-electron chi connectivity index (χ2n) is 5.44. The van der Waals surface area contributed by atoms with E-state index in [1.165, 1.54) is 0 Å². The topological polar surface area (TPSA) is 94.9 Å². The van der Waals surface area contributed by atoms with Gasteiger partial charge in [0.25, 0.3) is 0 Å². The van der Waals surface area contributed by atoms with Gasteiger partial charge in [-0.15, -0.1) is 24.8 Å². The number of pyridine rings is 2. The van der Waals surface area contributed by atoms with Crippen LogP contribution in [0.2, 0.25) is 0 Å². The van der Waals surface area contributed by atoms with Gasteiger partial charge in [-0.25, -0.2) is 0 Å². The van der Waals surface area contributed by atoms with Gasteiger partial charge < -0.3 is 11.5 Å². The molecule has 0 amide bonds. The third-order valence-electron chi connectivity index (χ3n) is 3.80. The first kappa shape index (κ1) is 22.5. The Hall–Kier alpha value is -1.53. The fourth-order valence-corrected chi connectivity index (χ4v) is 2.64. The molecule has 0 spiro atoms. The lowest BCUT2D eigenvalue weighted by Gasteiger charge is -2.21. The molecular weight excluding hydrogens is 347 g/mol. The molecule has 2 rings (SSSR count). The van der Waals surface area contributed by atoms with Gasteiger partial charge in [0, 0.05) is 36.9 Å². The van der Waals surface area contributed by atoms with Crippen LogP contribution < -0.4 is 11.5 Å². The zero-order valence-corrected chi connectivity index (χ0v) is 15.4. The number of aryl methyl sites for hydroxylation is 2. The summed E-state index contributed by atoms with van der Waals surface area (Å²) in [6, 6.07) is 7.49. The quantitative estimate of drug-likeness (QED) is 0.812. The maximum atomic E-state index is 12.9. The van der Waals surface area contributed by atoms with E-state index < -0.39 is 0 Å². The molecular formula is C17H24Cl2N4O. The first-order valence-electron chi connectivity index (χ1n) is 7.35. The summed E-state index contributed by atoms with van der Waals surface area (Å²) in [6.45, 7) is 4.30. The molecule has 2 atom stereocenters. The molecule has 0 aliphatic rings. The average molecular weight is 371 g/mol. The minimum absolute atomic E-state index is 0. The standard InChI is InChI=1S/C17H22N4O.2ClH/c1-11-7-13(3-5-20-11)15(9-18)17(22)16(10-19)14-4-6-21-12(2)8-14;;/h3-8,15-16H,9-10,18-19H2,1-2H3;2*1H. The zero-order valence-electron chi connectivity index (χ0n) is 13.8. The summed E-state index contributed by atoms with van der Waals surface area (Å²) < 4.78 is 0. The van der Waals surface area contributed by atoms with Crippen LogP contribution in [0, 0.1) is 13.8 Å². The van der Waals surface area contributed by atoms with Crippen molar-refractivity contribution >= 4 is 30.6 Å². The lowest BCUT2D eigenvalue weighted by atomic mass is 9.84. The second kappa shape index (κ2) is 10.4. The molecule has 0 saturated carbocycles. The number of ketones is 1. The predicted octanol–water partition coefficient (Wildman–Crippen LogP) is 2.29. The molecule has 0 aromatic carbocycles. The molecule has 2 aromatic rings. The zero-order chi connectivity index (χ0) is 16.1. The van der Waals surface area contributed by atoms with E-state index in [2.05, 4.69) is 9.97 Å². The van der Waals surface area contributed by atoms with Crippen molar-refractivity contribution in [2.45, 2.75) is 25.7 Å². The van der Waals surface area contributed by atoms with Crippen molar-refractivity contribution < 1.29 is 4.79 Å². The van der Waals surface area contributed by atoms with Gasteiger partial charge in [-0.05, 0) is 49.2 Å². The van der Waals surface area contributed by atoms with E-state index in [1.807, 2.05) is 38.1 Å². The molecule has 24 heavy (non-hydrogen) atoms. The molecule has 4 N–H and O–H groups in total. The Labute approximate surface area is 155 Å². The molecule has 132 valence electrons. The molecule has 0 radical (unpaired) electrons. The van der Waals surface area contributed by atoms with Crippen molar-refractivity contribution in [1.29, 1.82) is 0 Å². The summed E-state index contributed by atoms with van der Waals surface area (Å²) in [5, 5.41) is 0. The van der Waals surface area contributed by atoms with Crippen LogP contribution in [-0.2, 0) is 4.79 Å². The van der Waals surface area contributed by atoms with Crippen molar-refractivity contribution in [2.24, 2.45) is 11.5 Å². The first-order chi connectivity index (χ1) is 10.6. The van der Waals surface area contributed by atoms with Crippen LogP contribution in [0.3, 0.4) is 0 Å². The smallest absolute Gasteiger partial charge is 0.150 e. The highest BCUT2D eigenvalue weighted by Gasteiger charge is 2.28. The Morgan fingerprint density at radius 2 is 1.29 bits per heavy atom. The number of rotatable bonds is 6. The maximum absolute atomic E-state index is 12.9. The number of carbonyl (C=O) groups is 1. The third-order valence-corrected chi connectivity index (χ3v) is 3.80. The summed E-state index contributed by atoms with van der Waals surface area (Å²) in [7, 11) is 0. The molecule has 0 bridgehead atoms. The third kappa shape index (κ3) is 5.24. The molecule has 2 heterocycles. The number of carbonyl (C=O) groups excluding carboxylic acids is 1. The van der Waals surface area contributed by atoms with E-state index in [0.29, 0.717) is 0 Å². The number of nitrogens with zero attached hydrogens (tertiary/aromatic N) is 2. The minimum Gasteiger partial charge on any atom is -0.329 e. The molecule has 2 aromatic heterocycles. The van der Waals surface area contributed by atoms with E-state index >= 15 is 0 Å². The highest BCUT2D eigenvalue weighted by molar-refractivity contribution is 5.92. The summed E-state index contributed by atoms with van der Waals surface area (Å²) in [5.41, 5.74) is 15.2. The van der Waals surface area contributed by atoms with Crippen LogP contribution in [-0.4, -0.2) is 28.8 Å². The Morgan fingerprint density at radius 1 is 0.917 bits per heavy atom. The number of halogens is 2. The normalized spacial score (nSPS) is 12.5. The molecule has 0 saturated heterocycles. The summed E-state index contributed by atoms with van der Waals surface area (Å²) in [4.78, 5) is 21.3. The van der Waals surface area contributed by atoms with Gasteiger partial charge in [-0.1, -0.05) is 0 Å². The Bertz CT molecular complexity index is 611. The second-order valence-corrected chi connectivity index (χ2v) is 5.44. The van der Waals surface area contributed by atoms with Gasteiger partial charge in [0.2, 0.25) is 0 Å². The van der Waals surface area contributed by atoms with Gasteiger partial charge in [-0.2, -0.15) is 0 Å². The average Bonchev–Trinajstić information content (AvgIpc) is 2.49. The van der Waals surface area contributed by atoms with Crippen molar-refractivity contribution in [3.05, 3.63) is 59.2 Å². The van der Waals surface area contributed by atoms with Crippen molar-refractivity contribution in [3.8, 4) is 0 Å². The van der Waals surface area contributed by atoms with E-state index in [4.69, 9.17) is 11.5 Å². The SMILES string of the molecule is Cc1cc(C(CN)C(=O)C(CN)c2ccnc(C)c2)ccn1.Cl.Cl. The van der Waals surface area contributed by atoms with Crippen molar-refractivity contribution in [3.63, 3.8) is 0 Å². The largest absolute Gasteiger partial charge is 0.329 e. The molecule has 0 aliphatic heterocycles. The van der Waals surface area contributed by atoms with E-state index in [9.17, 15) is 4.79 Å². The number of nitrogens with two attached hydrogens (primary N) is 2. The lowest BCUT2D eigenvalue weighted by Crippen LogP contribution is -2.31. The van der Waals surface area contributed by atoms with Gasteiger partial charge >= 0.3 is 0 Å². The molecule has 7 heteroatoms. The number of aromatic nitrogens is 2. The predicted molar refractivity (Wildman–Crippen MR) is 101 cm³/mol. The van der Waals surface area contributed by atoms with Crippen molar-refractivity contribution in [2.75, 3.05) is 13.1 Å². The maximum Gasteiger partial charge on any atom is 0.150 e. The number of hydrogen-bond donors (Lipinski definition) is 2. The summed E-state index contributed by atoms with van der Waals surface area (Å²) in [5.74, 6) is -0.700. The number of hydrogen-bond acceptors (Lipinski definition) is 5. The van der Waals surface area contributed by atoms with Gasteiger partial charge in [0.1, 0.15) is 5.78 Å². The van der Waals surface area contributed by atoms with Gasteiger partial charge in [-0.3, -0.25) is 14.8 Å². The van der Waals surface area contributed by atoms with Crippen LogP contribution in [0.5, 0.6) is 0 Å². The van der Waals surface area contributed by atoms with Crippen LogP contribution >= 0.6 is 24.8 Å².